The zero-order chi connectivity index (χ0) is 39.9. The largest absolute Gasteiger partial charge is 3.00 e. The molecule has 0 bridgehead atoms. The number of benzene rings is 3. The number of nitrogens with zero attached hydrogens (tertiary/aromatic N) is 3. The fourth-order valence-corrected chi connectivity index (χ4v) is 4.34. The minimum atomic E-state index is -1.72. The third kappa shape index (κ3) is 29.1. The molecule has 3 aromatic carbocycles. The number of aromatic carboxylic acids is 6. The van der Waals surface area contributed by atoms with E-state index in [2.05, 4.69) is 29.9 Å². The Morgan fingerprint density at radius 3 is 0.770 bits per heavy atom. The molecule has 50 N–H and O–H groups in total. The molecule has 3 heterocycles. The van der Waals surface area contributed by atoms with Gasteiger partial charge in [-0.2, -0.15) is 0 Å². The van der Waals surface area contributed by atoms with Gasteiger partial charge in [-0.15, -0.1) is 0 Å². The van der Waals surface area contributed by atoms with Crippen molar-refractivity contribution in [2.24, 2.45) is 0 Å². The standard InChI is InChI=1S/3C11H7FN2O4.Dy.19H2O/c3*12-6-3-1-2-5(4-6)9-13-7(10(15)16)8(14-9)11(17)18;;;;;;;;;;;;;;;;;;;;/h3*1-4H,(H,13,14)(H,15,16)(H,17,18);;19*1H2/q;;;+3;;;;;;;;;;;;;;;;;;;/p+3. The van der Waals surface area contributed by atoms with E-state index < -0.39 is 87.4 Å². The van der Waals surface area contributed by atoms with Gasteiger partial charge in [-0.3, -0.25) is 0 Å². The summed E-state index contributed by atoms with van der Waals surface area (Å²) in [4.78, 5) is 82.2. The van der Waals surface area contributed by atoms with Gasteiger partial charge >= 0.3 is 56.1 Å². The van der Waals surface area contributed by atoms with E-state index in [1.54, 1.807) is 0 Å². The Bertz CT molecular complexity index is 2120. The van der Waals surface area contributed by atoms with E-state index in [-0.39, 0.29) is 176 Å². The van der Waals surface area contributed by atoms with E-state index in [1.165, 1.54) is 54.6 Å². The minimum absolute atomic E-state index is 0. The van der Waals surface area contributed by atoms with Gasteiger partial charge in [0.15, 0.2) is 17.1 Å². The summed E-state index contributed by atoms with van der Waals surface area (Å²) in [6, 6.07) is 15.5. The van der Waals surface area contributed by atoms with E-state index >= 15 is 0 Å². The van der Waals surface area contributed by atoms with Crippen LogP contribution in [-0.2, 0) is 32.9 Å². The van der Waals surface area contributed by atoms with Crippen LogP contribution in [-0.4, -0.2) is 152 Å². The molecule has 41 heteroatoms. The number of carbonyl (C=O) groups excluding carboxylic acids is 3. The maximum absolute atomic E-state index is 13.0. The van der Waals surface area contributed by atoms with E-state index in [0.717, 1.165) is 18.2 Å². The van der Waals surface area contributed by atoms with Crippen LogP contribution in [0.25, 0.3) is 34.2 Å². The van der Waals surface area contributed by atoms with E-state index in [1.807, 2.05) is 0 Å². The first-order chi connectivity index (χ1) is 25.5. The molecule has 0 spiro atoms. The second-order valence-corrected chi connectivity index (χ2v) is 10.2. The molecule has 0 aliphatic heterocycles. The first-order valence-electron chi connectivity index (χ1n) is 14.4. The van der Waals surface area contributed by atoms with Crippen molar-refractivity contribution < 1.29 is 215 Å². The molecular weight excluding hydrogens is 1200 g/mol. The van der Waals surface area contributed by atoms with Gasteiger partial charge in [0.1, 0.15) is 46.3 Å². The normalized spacial score (nSPS) is 7.50. The van der Waals surface area contributed by atoms with Gasteiger partial charge < -0.3 is 164 Å². The van der Waals surface area contributed by atoms with Gasteiger partial charge in [0.25, 0.3) is 0 Å². The third-order valence-electron chi connectivity index (χ3n) is 6.63. The van der Waals surface area contributed by atoms with Crippen LogP contribution in [0.1, 0.15) is 62.9 Å². The number of H-pyrrole nitrogens is 3. The Morgan fingerprint density at radius 1 is 0.378 bits per heavy atom. The van der Waals surface area contributed by atoms with Gasteiger partial charge in [0, 0.05) is 16.7 Å². The number of carbonyl (C=O) groups is 6. The number of hydrogen-bond donors (Lipinski definition) is 6. The summed E-state index contributed by atoms with van der Waals surface area (Å²) < 4.78 is 39.0. The van der Waals surface area contributed by atoms with Crippen molar-refractivity contribution in [3.8, 4) is 34.2 Å². The van der Waals surface area contributed by atoms with Gasteiger partial charge in [-0.05, 0) is 36.4 Å². The molecule has 37 nitrogen and oxygen atoms in total. The van der Waals surface area contributed by atoms with E-state index in [0.29, 0.717) is 0 Å². The Kier molecular flexibility index (Phi) is 79.2. The number of nitrogens with one attached hydrogen (secondary N) is 3. The number of hydrogen-bond acceptors (Lipinski definition) is 12. The molecule has 0 atom stereocenters. The number of rotatable bonds is 9. The van der Waals surface area contributed by atoms with Crippen molar-refractivity contribution in [1.82, 2.24) is 29.9 Å². The van der Waals surface area contributed by atoms with Crippen molar-refractivity contribution in [3.05, 3.63) is 124 Å². The molecule has 74 heavy (non-hydrogen) atoms. The zero-order valence-electron chi connectivity index (χ0n) is 36.7. The van der Waals surface area contributed by atoms with Crippen LogP contribution in [0.2, 0.25) is 0 Å². The van der Waals surface area contributed by atoms with Crippen molar-refractivity contribution in [3.63, 3.8) is 0 Å². The molecule has 6 aromatic rings. The molecule has 0 fully saturated rings. The molecule has 435 valence electrons. The van der Waals surface area contributed by atoms with Gasteiger partial charge in [-0.25, -0.2) is 42.5 Å². The smallest absolute Gasteiger partial charge is 0.543 e. The molecule has 0 amide bonds. The van der Waals surface area contributed by atoms with Crippen LogP contribution >= 0.6 is 0 Å². The molecule has 0 aliphatic rings. The van der Waals surface area contributed by atoms with Crippen molar-refractivity contribution in [1.29, 1.82) is 0 Å². The minimum Gasteiger partial charge on any atom is -0.543 e. The molecule has 1 radical (unpaired) electrons. The van der Waals surface area contributed by atoms with Gasteiger partial charge in [0.05, 0.1) is 23.6 Å². The van der Waals surface area contributed by atoms with Gasteiger partial charge in [-0.1, -0.05) is 36.4 Å². The van der Waals surface area contributed by atoms with E-state index in [9.17, 15) is 57.3 Å². The van der Waals surface area contributed by atoms with Crippen LogP contribution < -0.4 is 15.3 Å². The molecule has 6 rings (SSSR count). The topological polar surface area (TPSA) is 926 Å². The van der Waals surface area contributed by atoms with Crippen LogP contribution in [0.4, 0.5) is 13.2 Å². The van der Waals surface area contributed by atoms with Crippen LogP contribution in [0.3, 0.4) is 0 Å². The summed E-state index contributed by atoms with van der Waals surface area (Å²) in [7, 11) is 0. The number of aromatic nitrogens is 6. The van der Waals surface area contributed by atoms with Crippen molar-refractivity contribution in [2.75, 3.05) is 0 Å². The van der Waals surface area contributed by atoms with E-state index in [4.69, 9.17) is 15.3 Å². The maximum atomic E-state index is 13.0. The number of carboxylic acids is 6. The maximum Gasteiger partial charge on any atom is 3.00 e. The fourth-order valence-electron chi connectivity index (χ4n) is 4.34. The van der Waals surface area contributed by atoms with Crippen molar-refractivity contribution in [2.45, 2.75) is 0 Å². The Morgan fingerprint density at radius 2 is 0.608 bits per heavy atom. The summed E-state index contributed by atoms with van der Waals surface area (Å²) in [6.45, 7) is 0. The first kappa shape index (κ1) is 116. The molecule has 0 unspecified atom stereocenters. The summed E-state index contributed by atoms with van der Waals surface area (Å²) >= 11 is 0. The molecule has 0 aliphatic carbocycles. The molecule has 3 aromatic heterocycles. The first-order valence-corrected chi connectivity index (χ1v) is 14.4. The average Bonchev–Trinajstić information content (AvgIpc) is 3.87. The second kappa shape index (κ2) is 50.4. The Hall–Kier alpha value is -7.59. The number of imidazole rings is 3. The third-order valence-corrected chi connectivity index (χ3v) is 6.63. The number of aromatic amines is 3. The second-order valence-electron chi connectivity index (χ2n) is 10.2. The van der Waals surface area contributed by atoms with Crippen LogP contribution in [0.5, 0.6) is 0 Å². The summed E-state index contributed by atoms with van der Waals surface area (Å²) in [5.74, 6) is -11.4. The Labute approximate surface area is 437 Å². The molecule has 0 saturated carbocycles. The number of carboxylic acid groups (broad SMARTS) is 6. The fraction of sp³-hybridized carbons (Fsp3) is 0. The summed E-state index contributed by atoms with van der Waals surface area (Å²) in [5, 5.41) is 58.5. The van der Waals surface area contributed by atoms with Gasteiger partial charge in [0.2, 0.25) is 0 Å². The summed E-state index contributed by atoms with van der Waals surface area (Å²) in [6.07, 6.45) is 0. The number of halogens is 3. The van der Waals surface area contributed by atoms with Crippen molar-refractivity contribution >= 4 is 35.8 Å². The molecular formula is C33H62DyF3N6O31+6. The SMILES string of the molecule is O.O.O.O.O.O.O.O.O.O.O.O.O.O=C(O)c1nc(-c2cccc(F)c2)[nH]c1C(=O)[O-].O=C([O-])c1nc(-c2cccc(F)c2)[nH]c1C(=O)O.O=C([O-])c1nc(-c2cccc(F)c2)[nH]c1C(=O)O.[Dy+3].[OH3+].[OH3+].[OH3+].[OH3+].[OH3+].[OH3+]. The Balaban J connectivity index is -0.0000000387. The monoisotopic (exact) mass is 1260 g/mol. The summed E-state index contributed by atoms with van der Waals surface area (Å²) in [5.41, 5.74) is -3.25. The average molecular weight is 1260 g/mol. The quantitative estimate of drug-likeness (QED) is 0.0733. The predicted molar refractivity (Wildman–Crippen MR) is 242 cm³/mol. The predicted octanol–water partition coefficient (Wildman–Crippen LogP) is -15.4. The van der Waals surface area contributed by atoms with Crippen LogP contribution in [0, 0.1) is 55.6 Å². The molecule has 0 saturated heterocycles. The van der Waals surface area contributed by atoms with Crippen LogP contribution in [0.15, 0.2) is 72.8 Å². The zero-order valence-corrected chi connectivity index (χ0v) is 38.7.